The molecular weight excluding hydrogens is 685 g/mol. The summed E-state index contributed by atoms with van der Waals surface area (Å²) in [5.74, 6) is 0.564. The number of esters is 1. The van der Waals surface area contributed by atoms with Crippen LogP contribution in [0.1, 0.15) is 85.4 Å². The molecule has 13 heteroatoms. The second-order valence-electron chi connectivity index (χ2n) is 13.7. The average Bonchev–Trinajstić information content (AvgIpc) is 3.61. The fraction of sp³-hybridized carbons (Fsp3) is 0.500. The summed E-state index contributed by atoms with van der Waals surface area (Å²) in [4.78, 5) is 18.1. The molecule has 2 aromatic carbocycles. The number of imidazole rings is 1. The number of aryl methyl sites for hydroxylation is 3. The predicted molar refractivity (Wildman–Crippen MR) is 202 cm³/mol. The third-order valence-electron chi connectivity index (χ3n) is 9.13. The first-order chi connectivity index (χ1) is 24.2. The van der Waals surface area contributed by atoms with Gasteiger partial charge in [0.25, 0.3) is 10.0 Å². The van der Waals surface area contributed by atoms with Gasteiger partial charge in [0.1, 0.15) is 12.6 Å². The van der Waals surface area contributed by atoms with Crippen LogP contribution in [0.4, 0.5) is 5.88 Å². The Labute approximate surface area is 304 Å². The molecule has 0 saturated heterocycles. The van der Waals surface area contributed by atoms with Crippen molar-refractivity contribution < 1.29 is 31.9 Å². The van der Waals surface area contributed by atoms with Crippen LogP contribution in [0.15, 0.2) is 51.9 Å². The molecule has 0 aliphatic heterocycles. The highest BCUT2D eigenvalue weighted by Gasteiger charge is 2.34. The van der Waals surface area contributed by atoms with Gasteiger partial charge in [0.05, 0.1) is 37.6 Å². The van der Waals surface area contributed by atoms with Crippen molar-refractivity contribution in [1.82, 2.24) is 14.7 Å². The summed E-state index contributed by atoms with van der Waals surface area (Å²) >= 11 is 0. The smallest absolute Gasteiger partial charge is 0.356 e. The molecule has 0 saturated carbocycles. The third kappa shape index (κ3) is 9.00. The minimum absolute atomic E-state index is 0.102. The van der Waals surface area contributed by atoms with Crippen molar-refractivity contribution in [2.24, 2.45) is 0 Å². The number of anilines is 1. The monoisotopic (exact) mass is 738 g/mol. The lowest BCUT2D eigenvalue weighted by Crippen LogP contribution is -2.42. The SMILES string of the molecule is CCCc1nc(CC)c(C(=O)OCC)n1Cc1ccc(-c2ccccc2S(=O)(=O)N(COC(C)[Si](C)(C)C)c2onc(C)c2C)c(COCC)c1. The van der Waals surface area contributed by atoms with Crippen molar-refractivity contribution in [2.45, 2.75) is 111 Å². The van der Waals surface area contributed by atoms with Crippen molar-refractivity contribution >= 4 is 30.0 Å². The van der Waals surface area contributed by atoms with Crippen LogP contribution >= 0.6 is 0 Å². The Bertz CT molecular complexity index is 1910. The van der Waals surface area contributed by atoms with E-state index in [4.69, 9.17) is 23.7 Å². The number of nitrogens with zero attached hydrogens (tertiary/aromatic N) is 4. The molecule has 1 unspecified atom stereocenters. The van der Waals surface area contributed by atoms with E-state index in [0.29, 0.717) is 59.8 Å². The molecule has 1 atom stereocenters. The summed E-state index contributed by atoms with van der Waals surface area (Å²) in [7, 11) is -5.98. The largest absolute Gasteiger partial charge is 0.461 e. The van der Waals surface area contributed by atoms with Crippen LogP contribution < -0.4 is 4.31 Å². The van der Waals surface area contributed by atoms with Gasteiger partial charge in [-0.3, -0.25) is 0 Å². The maximum absolute atomic E-state index is 14.8. The zero-order valence-corrected chi connectivity index (χ0v) is 33.6. The number of carbonyl (C=O) groups is 1. The van der Waals surface area contributed by atoms with E-state index in [9.17, 15) is 13.2 Å². The maximum atomic E-state index is 14.8. The van der Waals surface area contributed by atoms with E-state index in [0.717, 1.165) is 23.4 Å². The van der Waals surface area contributed by atoms with Gasteiger partial charge in [0, 0.05) is 36.4 Å². The number of aromatic nitrogens is 3. The van der Waals surface area contributed by atoms with Gasteiger partial charge in [-0.15, -0.1) is 0 Å². The van der Waals surface area contributed by atoms with E-state index in [1.807, 2.05) is 49.6 Å². The molecule has 2 heterocycles. The van der Waals surface area contributed by atoms with Crippen molar-refractivity contribution in [3.63, 3.8) is 0 Å². The molecule has 4 aromatic rings. The summed E-state index contributed by atoms with van der Waals surface area (Å²) < 4.78 is 55.9. The van der Waals surface area contributed by atoms with Gasteiger partial charge >= 0.3 is 5.97 Å². The zero-order chi connectivity index (χ0) is 37.5. The van der Waals surface area contributed by atoms with E-state index in [2.05, 4.69) is 31.7 Å². The number of benzene rings is 2. The molecule has 4 rings (SSSR count). The molecule has 0 fully saturated rings. The number of rotatable bonds is 18. The fourth-order valence-corrected chi connectivity index (χ4v) is 7.78. The molecule has 0 aliphatic carbocycles. The first kappa shape index (κ1) is 40.0. The molecule has 11 nitrogen and oxygen atoms in total. The van der Waals surface area contributed by atoms with Crippen LogP contribution in [-0.2, 0) is 50.2 Å². The molecule has 0 bridgehead atoms. The fourth-order valence-electron chi connectivity index (χ4n) is 5.67. The standard InChI is InChI=1S/C38H54N4O7SSi/c1-11-17-35-39-33(12-2)36(38(43)47-14-4)41(35)23-29-20-21-31(30(22-29)24-46-13-3)32-18-15-16-19-34(32)50(44,45)42(25-48-28(7)51(8,9)10)37-26(5)27(6)40-49-37/h15-16,18-22,28H,11-14,17,23-25H2,1-10H3. The van der Waals surface area contributed by atoms with Crippen LogP contribution in [0.25, 0.3) is 11.1 Å². The van der Waals surface area contributed by atoms with Crippen LogP contribution in [-0.4, -0.2) is 62.8 Å². The lowest BCUT2D eigenvalue weighted by atomic mass is 9.97. The van der Waals surface area contributed by atoms with Gasteiger partial charge in [-0.1, -0.05) is 75.0 Å². The second-order valence-corrected chi connectivity index (χ2v) is 21.1. The summed E-state index contributed by atoms with van der Waals surface area (Å²) in [5.41, 5.74) is 5.25. The number of carbonyl (C=O) groups excluding carboxylic acids is 1. The molecule has 51 heavy (non-hydrogen) atoms. The average molecular weight is 739 g/mol. The number of hydrogen-bond donors (Lipinski definition) is 0. The topological polar surface area (TPSA) is 126 Å². The Hall–Kier alpha value is -3.78. The van der Waals surface area contributed by atoms with Crippen LogP contribution in [0.5, 0.6) is 0 Å². The normalized spacial score (nSPS) is 12.7. The molecule has 278 valence electrons. The number of hydrogen-bond acceptors (Lipinski definition) is 9. The lowest BCUT2D eigenvalue weighted by molar-refractivity contribution is 0.0512. The van der Waals surface area contributed by atoms with E-state index in [1.165, 1.54) is 4.31 Å². The molecule has 0 radical (unpaired) electrons. The van der Waals surface area contributed by atoms with E-state index in [-0.39, 0.29) is 42.4 Å². The molecular formula is C38H54N4O7SSi. The summed E-state index contributed by atoms with van der Waals surface area (Å²) in [5, 5.41) is 4.06. The Kier molecular flexibility index (Phi) is 13.5. The summed E-state index contributed by atoms with van der Waals surface area (Å²) in [6.45, 7) is 21.0. The first-order valence-corrected chi connectivity index (χ1v) is 22.8. The van der Waals surface area contributed by atoms with E-state index < -0.39 is 18.1 Å². The van der Waals surface area contributed by atoms with Gasteiger partial charge in [-0.25, -0.2) is 22.5 Å². The van der Waals surface area contributed by atoms with Crippen LogP contribution in [0.2, 0.25) is 19.6 Å². The van der Waals surface area contributed by atoms with Gasteiger partial charge in [0.15, 0.2) is 5.69 Å². The highest BCUT2D eigenvalue weighted by Crippen LogP contribution is 2.36. The van der Waals surface area contributed by atoms with E-state index in [1.54, 1.807) is 39.0 Å². The molecule has 0 aliphatic rings. The maximum Gasteiger partial charge on any atom is 0.356 e. The second kappa shape index (κ2) is 17.2. The predicted octanol–water partition coefficient (Wildman–Crippen LogP) is 7.87. The van der Waals surface area contributed by atoms with Crippen molar-refractivity contribution in [2.75, 3.05) is 24.2 Å². The van der Waals surface area contributed by atoms with Crippen molar-refractivity contribution in [3.05, 3.63) is 82.1 Å². The van der Waals surface area contributed by atoms with Gasteiger partial charge in [-0.05, 0) is 70.2 Å². The van der Waals surface area contributed by atoms with Crippen LogP contribution in [0, 0.1) is 13.8 Å². The third-order valence-corrected chi connectivity index (χ3v) is 13.5. The Balaban J connectivity index is 1.84. The summed E-state index contributed by atoms with van der Waals surface area (Å²) in [6.07, 6.45) is 2.18. The quantitative estimate of drug-likeness (QED) is 0.0570. The molecule has 2 aromatic heterocycles. The minimum atomic E-state index is -4.23. The Morgan fingerprint density at radius 2 is 1.75 bits per heavy atom. The molecule has 0 amide bonds. The van der Waals surface area contributed by atoms with Gasteiger partial charge in [0.2, 0.25) is 5.88 Å². The zero-order valence-electron chi connectivity index (χ0n) is 31.8. The molecule has 0 N–H and O–H groups in total. The van der Waals surface area contributed by atoms with E-state index >= 15 is 0 Å². The molecule has 0 spiro atoms. The lowest BCUT2D eigenvalue weighted by Gasteiger charge is -2.29. The number of sulfonamides is 1. The Morgan fingerprint density at radius 3 is 2.35 bits per heavy atom. The summed E-state index contributed by atoms with van der Waals surface area (Å²) in [6, 6.07) is 12.9. The van der Waals surface area contributed by atoms with Crippen molar-refractivity contribution in [3.8, 4) is 11.1 Å². The highest BCUT2D eigenvalue weighted by molar-refractivity contribution is 7.93. The van der Waals surface area contributed by atoms with Crippen molar-refractivity contribution in [1.29, 1.82) is 0 Å². The van der Waals surface area contributed by atoms with Crippen LogP contribution in [0.3, 0.4) is 0 Å². The highest BCUT2D eigenvalue weighted by atomic mass is 32.2. The van der Waals surface area contributed by atoms with Gasteiger partial charge < -0.3 is 23.3 Å². The van der Waals surface area contributed by atoms with Gasteiger partial charge in [-0.2, -0.15) is 0 Å². The number of ether oxygens (including phenoxy) is 3. The first-order valence-electron chi connectivity index (χ1n) is 17.8. The Morgan fingerprint density at radius 1 is 1.02 bits per heavy atom. The minimum Gasteiger partial charge on any atom is -0.461 e.